The van der Waals surface area contributed by atoms with E-state index in [0.717, 1.165) is 62.2 Å². The third kappa shape index (κ3) is 4.47. The number of hydrogen-bond acceptors (Lipinski definition) is 3. The molecule has 0 N–H and O–H groups in total. The number of hydrogen-bond donors (Lipinski definition) is 0. The summed E-state index contributed by atoms with van der Waals surface area (Å²) in [4.78, 5) is 26.7. The summed E-state index contributed by atoms with van der Waals surface area (Å²) in [7, 11) is 5.76. The van der Waals surface area contributed by atoms with Gasteiger partial charge in [-0.3, -0.25) is 19.0 Å². The van der Waals surface area contributed by atoms with E-state index in [9.17, 15) is 9.59 Å². The molecule has 0 spiro atoms. The van der Waals surface area contributed by atoms with Gasteiger partial charge in [0, 0.05) is 39.6 Å². The van der Waals surface area contributed by atoms with Gasteiger partial charge in [0.05, 0.1) is 29.9 Å². The Kier molecular flexibility index (Phi) is 7.64. The van der Waals surface area contributed by atoms with Crippen molar-refractivity contribution < 1.29 is 4.74 Å². The second-order valence-electron chi connectivity index (χ2n) is 16.9. The average Bonchev–Trinajstić information content (AvgIpc) is 3.79. The van der Waals surface area contributed by atoms with E-state index in [1.807, 2.05) is 65.9 Å². The molecule has 0 aliphatic heterocycles. The van der Waals surface area contributed by atoms with Crippen molar-refractivity contribution in [2.45, 2.75) is 89.9 Å². The fraction of sp³-hybridized carbons (Fsp3) is 0.442. The van der Waals surface area contributed by atoms with Gasteiger partial charge in [-0.15, -0.1) is 0 Å². The van der Waals surface area contributed by atoms with Gasteiger partial charge >= 0.3 is 0 Å². The molecule has 4 atom stereocenters. The van der Waals surface area contributed by atoms with E-state index in [0.29, 0.717) is 11.8 Å². The Morgan fingerprint density at radius 2 is 1.10 bits per heavy atom. The molecule has 4 aliphatic carbocycles. The summed E-state index contributed by atoms with van der Waals surface area (Å²) in [5.74, 6) is 1.58. The van der Waals surface area contributed by atoms with Crippen LogP contribution in [0, 0.1) is 14.4 Å². The quantitative estimate of drug-likeness (QED) is 0.171. The molecule has 0 saturated heterocycles. The number of benzene rings is 3. The SMILES string of the molecule is COc1cccc(-c2cccc(-n3c(=O)c4c(n3C)[C@]3(C)CC[C@H]4C3(C)C)c2)c1.Cn1c2c(c(=O)n1-c1cccc(I)c1)[C@H]1CC[C@]2(C)C1(C)C. The summed E-state index contributed by atoms with van der Waals surface area (Å²) >= 11 is 2.30. The van der Waals surface area contributed by atoms with E-state index in [4.69, 9.17) is 4.74 Å². The minimum absolute atomic E-state index is 0.0521. The number of methoxy groups -OCH3 is 1. The molecule has 2 fully saturated rings. The highest BCUT2D eigenvalue weighted by Crippen LogP contribution is 2.68. The Balaban J connectivity index is 0.000000152. The number of halogens is 1. The van der Waals surface area contributed by atoms with Gasteiger partial charge in [0.15, 0.2) is 0 Å². The van der Waals surface area contributed by atoms with E-state index in [2.05, 4.69) is 104 Å². The molecule has 2 heterocycles. The largest absolute Gasteiger partial charge is 0.497 e. The first-order chi connectivity index (χ1) is 24.1. The highest BCUT2D eigenvalue weighted by atomic mass is 127. The predicted octanol–water partition coefficient (Wildman–Crippen LogP) is 8.98. The summed E-state index contributed by atoms with van der Waals surface area (Å²) in [5, 5.41) is 0. The zero-order valence-corrected chi connectivity index (χ0v) is 33.5. The lowest BCUT2D eigenvalue weighted by atomic mass is 9.70. The Labute approximate surface area is 314 Å². The second-order valence-corrected chi connectivity index (χ2v) is 18.1. The minimum atomic E-state index is 0.0521. The van der Waals surface area contributed by atoms with Gasteiger partial charge in [-0.2, -0.15) is 0 Å². The van der Waals surface area contributed by atoms with E-state index >= 15 is 0 Å². The second kappa shape index (κ2) is 11.4. The topological polar surface area (TPSA) is 63.1 Å². The third-order valence-electron chi connectivity index (χ3n) is 14.3. The predicted molar refractivity (Wildman–Crippen MR) is 213 cm³/mol. The average molecular weight is 797 g/mol. The molecule has 0 amide bonds. The van der Waals surface area contributed by atoms with Crippen LogP contribution in [-0.2, 0) is 24.9 Å². The smallest absolute Gasteiger partial charge is 0.275 e. The molecule has 4 bridgehead atoms. The number of fused-ring (bicyclic) bond motifs is 10. The fourth-order valence-electron chi connectivity index (χ4n) is 10.9. The van der Waals surface area contributed by atoms with Crippen LogP contribution in [0.4, 0.5) is 0 Å². The van der Waals surface area contributed by atoms with Crippen LogP contribution in [0.5, 0.6) is 5.75 Å². The molecular weight excluding hydrogens is 747 g/mol. The molecule has 0 unspecified atom stereocenters. The van der Waals surface area contributed by atoms with Crippen LogP contribution in [-0.4, -0.2) is 25.8 Å². The zero-order chi connectivity index (χ0) is 36.4. The molecule has 51 heavy (non-hydrogen) atoms. The van der Waals surface area contributed by atoms with Crippen LogP contribution >= 0.6 is 22.6 Å². The molecular formula is C43H49IN4O3. The van der Waals surface area contributed by atoms with Crippen LogP contribution < -0.4 is 15.9 Å². The Morgan fingerprint density at radius 3 is 1.57 bits per heavy atom. The number of ether oxygens (including phenoxy) is 1. The molecule has 9 rings (SSSR count). The summed E-state index contributed by atoms with van der Waals surface area (Å²) in [5.41, 5.74) is 9.43. The van der Waals surface area contributed by atoms with E-state index in [1.165, 1.54) is 17.8 Å². The van der Waals surface area contributed by atoms with Crippen LogP contribution in [0.15, 0.2) is 82.4 Å². The molecule has 2 saturated carbocycles. The van der Waals surface area contributed by atoms with Crippen LogP contribution in [0.3, 0.4) is 0 Å². The van der Waals surface area contributed by atoms with Gasteiger partial charge in [-0.25, -0.2) is 9.36 Å². The maximum Gasteiger partial charge on any atom is 0.275 e. The number of nitrogens with zero attached hydrogens (tertiary/aromatic N) is 4. The van der Waals surface area contributed by atoms with Gasteiger partial charge in [-0.05, 0) is 125 Å². The van der Waals surface area contributed by atoms with E-state index < -0.39 is 0 Å². The Morgan fingerprint density at radius 1 is 0.647 bits per heavy atom. The van der Waals surface area contributed by atoms with E-state index in [1.54, 1.807) is 7.11 Å². The molecule has 2 aromatic heterocycles. The maximum absolute atomic E-state index is 13.6. The highest BCUT2D eigenvalue weighted by molar-refractivity contribution is 14.1. The maximum atomic E-state index is 13.6. The zero-order valence-electron chi connectivity index (χ0n) is 31.3. The summed E-state index contributed by atoms with van der Waals surface area (Å²) < 4.78 is 14.5. The summed E-state index contributed by atoms with van der Waals surface area (Å²) in [6.07, 6.45) is 4.59. The van der Waals surface area contributed by atoms with Crippen molar-refractivity contribution in [1.29, 1.82) is 0 Å². The van der Waals surface area contributed by atoms with Gasteiger partial charge in [-0.1, -0.05) is 71.9 Å². The molecule has 5 aromatic rings. The third-order valence-corrected chi connectivity index (χ3v) is 15.0. The Bertz CT molecular complexity index is 2350. The molecule has 0 radical (unpaired) electrons. The summed E-state index contributed by atoms with van der Waals surface area (Å²) in [6.45, 7) is 14.0. The monoisotopic (exact) mass is 796 g/mol. The lowest BCUT2D eigenvalue weighted by Gasteiger charge is -2.36. The first-order valence-electron chi connectivity index (χ1n) is 18.2. The van der Waals surface area contributed by atoms with Crippen LogP contribution in [0.2, 0.25) is 0 Å². The van der Waals surface area contributed by atoms with E-state index in [-0.39, 0.29) is 32.8 Å². The van der Waals surface area contributed by atoms with Crippen molar-refractivity contribution in [3.8, 4) is 28.3 Å². The highest BCUT2D eigenvalue weighted by Gasteiger charge is 2.63. The van der Waals surface area contributed by atoms with Crippen molar-refractivity contribution in [3.05, 3.63) is 120 Å². The van der Waals surface area contributed by atoms with Crippen molar-refractivity contribution in [2.75, 3.05) is 7.11 Å². The normalized spacial score (nSPS) is 25.8. The van der Waals surface area contributed by atoms with Crippen LogP contribution in [0.25, 0.3) is 22.5 Å². The minimum Gasteiger partial charge on any atom is -0.497 e. The molecule has 266 valence electrons. The van der Waals surface area contributed by atoms with Crippen molar-refractivity contribution in [2.24, 2.45) is 24.9 Å². The fourth-order valence-corrected chi connectivity index (χ4v) is 11.4. The van der Waals surface area contributed by atoms with Crippen molar-refractivity contribution in [1.82, 2.24) is 18.7 Å². The standard InChI is InChI=1S/C25H28N2O2.C18H21IN2O/c1-24(2)20-12-13-25(24,3)22-21(20)23(28)27(26(22)4)18-10-6-8-16(14-18)17-9-7-11-19(15-17)29-5;1-17(2)13-8-9-18(17,3)15-14(13)16(22)21(20(15)4)12-7-5-6-11(19)10-12/h6-11,14-15,20H,12-13H2,1-5H3;5-7,10,13H,8-9H2,1-4H3/t20-,25+;13-,18+/m11/s1. The van der Waals surface area contributed by atoms with Crippen molar-refractivity contribution in [3.63, 3.8) is 0 Å². The Hall–Kier alpha value is -3.79. The number of rotatable bonds is 4. The summed E-state index contributed by atoms with van der Waals surface area (Å²) in [6, 6.07) is 24.4. The first kappa shape index (κ1) is 34.3. The first-order valence-corrected chi connectivity index (χ1v) is 19.3. The van der Waals surface area contributed by atoms with Crippen molar-refractivity contribution >= 4 is 22.6 Å². The molecule has 3 aromatic carbocycles. The lowest BCUT2D eigenvalue weighted by Crippen LogP contribution is -2.35. The number of aromatic nitrogens is 4. The van der Waals surface area contributed by atoms with Gasteiger partial charge < -0.3 is 4.74 Å². The molecule has 7 nitrogen and oxygen atoms in total. The van der Waals surface area contributed by atoms with Crippen LogP contribution in [0.1, 0.15) is 102 Å². The van der Waals surface area contributed by atoms with Gasteiger partial charge in [0.2, 0.25) is 0 Å². The molecule has 8 heteroatoms. The van der Waals surface area contributed by atoms with Gasteiger partial charge in [0.1, 0.15) is 5.75 Å². The molecule has 4 aliphatic rings. The lowest BCUT2D eigenvalue weighted by molar-refractivity contribution is 0.218. The van der Waals surface area contributed by atoms with Gasteiger partial charge in [0.25, 0.3) is 11.1 Å².